The van der Waals surface area contributed by atoms with Crippen LogP contribution in [0, 0.1) is 0 Å². The second-order valence-corrected chi connectivity index (χ2v) is 6.14. The molecular weight excluding hydrogens is 340 g/mol. The van der Waals surface area contributed by atoms with Crippen LogP contribution < -0.4 is 15.1 Å². The number of hydrogen-bond acceptors (Lipinski definition) is 4. The number of rotatable bonds is 5. The van der Waals surface area contributed by atoms with Gasteiger partial charge in [0.25, 0.3) is 0 Å². The Balaban J connectivity index is 1.70. The van der Waals surface area contributed by atoms with E-state index < -0.39 is 5.63 Å². The lowest BCUT2D eigenvalue weighted by Gasteiger charge is -2.10. The first-order valence-corrected chi connectivity index (χ1v) is 8.62. The van der Waals surface area contributed by atoms with E-state index in [0.717, 1.165) is 27.8 Å². The van der Waals surface area contributed by atoms with E-state index >= 15 is 0 Å². The third-order valence-corrected chi connectivity index (χ3v) is 4.35. The van der Waals surface area contributed by atoms with Gasteiger partial charge >= 0.3 is 5.63 Å². The molecule has 0 aliphatic rings. The lowest BCUT2D eigenvalue weighted by atomic mass is 10.0. The van der Waals surface area contributed by atoms with Gasteiger partial charge in [0.15, 0.2) is 0 Å². The molecule has 3 aromatic carbocycles. The SMILES string of the molecule is COc1ccc2c(-c3cccc(OCc4ccccc4)c3)cc(=O)oc2c1. The maximum Gasteiger partial charge on any atom is 0.336 e. The number of benzene rings is 3. The van der Waals surface area contributed by atoms with E-state index in [-0.39, 0.29) is 0 Å². The molecule has 0 atom stereocenters. The summed E-state index contributed by atoms with van der Waals surface area (Å²) in [6, 6.07) is 24.7. The van der Waals surface area contributed by atoms with Gasteiger partial charge in [0.05, 0.1) is 7.11 Å². The summed E-state index contributed by atoms with van der Waals surface area (Å²) < 4.78 is 16.5. The lowest BCUT2D eigenvalue weighted by Crippen LogP contribution is -1.99. The Morgan fingerprint density at radius 1 is 0.852 bits per heavy atom. The van der Waals surface area contributed by atoms with Gasteiger partial charge in [-0.05, 0) is 41.0 Å². The molecule has 4 heteroatoms. The van der Waals surface area contributed by atoms with Crippen molar-refractivity contribution >= 4 is 11.0 Å². The molecule has 4 rings (SSSR count). The van der Waals surface area contributed by atoms with Gasteiger partial charge in [-0.1, -0.05) is 42.5 Å². The zero-order valence-corrected chi connectivity index (χ0v) is 14.8. The molecule has 134 valence electrons. The van der Waals surface area contributed by atoms with Crippen LogP contribution in [0.4, 0.5) is 0 Å². The molecule has 0 unspecified atom stereocenters. The van der Waals surface area contributed by atoms with Gasteiger partial charge in [-0.15, -0.1) is 0 Å². The fraction of sp³-hybridized carbons (Fsp3) is 0.0870. The summed E-state index contributed by atoms with van der Waals surface area (Å²) in [5, 5.41) is 0.843. The van der Waals surface area contributed by atoms with Crippen LogP contribution in [0.3, 0.4) is 0 Å². The highest BCUT2D eigenvalue weighted by atomic mass is 16.5. The highest BCUT2D eigenvalue weighted by molar-refractivity contribution is 5.94. The zero-order valence-electron chi connectivity index (χ0n) is 14.8. The molecule has 0 saturated carbocycles. The minimum Gasteiger partial charge on any atom is -0.497 e. The summed E-state index contributed by atoms with van der Waals surface area (Å²) in [5.74, 6) is 1.38. The van der Waals surface area contributed by atoms with Crippen molar-refractivity contribution in [3.05, 3.63) is 94.8 Å². The van der Waals surface area contributed by atoms with Crippen LogP contribution in [0.1, 0.15) is 5.56 Å². The van der Waals surface area contributed by atoms with Crippen molar-refractivity contribution in [1.29, 1.82) is 0 Å². The first-order valence-electron chi connectivity index (χ1n) is 8.62. The molecule has 0 fully saturated rings. The van der Waals surface area contributed by atoms with Crippen LogP contribution in [0.5, 0.6) is 11.5 Å². The van der Waals surface area contributed by atoms with Crippen molar-refractivity contribution in [1.82, 2.24) is 0 Å². The Hall–Kier alpha value is -3.53. The summed E-state index contributed by atoms with van der Waals surface area (Å²) >= 11 is 0. The largest absolute Gasteiger partial charge is 0.497 e. The minimum atomic E-state index is -0.402. The highest BCUT2D eigenvalue weighted by Crippen LogP contribution is 2.31. The normalized spacial score (nSPS) is 10.7. The molecule has 0 aliphatic carbocycles. The predicted octanol–water partition coefficient (Wildman–Crippen LogP) is 5.05. The first kappa shape index (κ1) is 16.9. The zero-order chi connectivity index (χ0) is 18.6. The molecule has 0 bridgehead atoms. The fourth-order valence-electron chi connectivity index (χ4n) is 3.00. The van der Waals surface area contributed by atoms with Crippen LogP contribution in [0.2, 0.25) is 0 Å². The van der Waals surface area contributed by atoms with E-state index in [4.69, 9.17) is 13.9 Å². The maximum absolute atomic E-state index is 12.0. The summed E-state index contributed by atoms with van der Waals surface area (Å²) in [7, 11) is 1.58. The van der Waals surface area contributed by atoms with Crippen molar-refractivity contribution in [3.8, 4) is 22.6 Å². The molecule has 1 aromatic heterocycles. The Bertz CT molecular complexity index is 1130. The Morgan fingerprint density at radius 2 is 1.70 bits per heavy atom. The molecule has 0 N–H and O–H groups in total. The summed E-state index contributed by atoms with van der Waals surface area (Å²) in [6.45, 7) is 0.485. The standard InChI is InChI=1S/C23H18O4/c1-25-18-10-11-20-21(14-23(24)27-22(20)13-18)17-8-5-9-19(12-17)26-15-16-6-3-2-4-7-16/h2-14H,15H2,1H3. The molecule has 0 spiro atoms. The summed E-state index contributed by atoms with van der Waals surface area (Å²) in [6.07, 6.45) is 0. The third kappa shape index (κ3) is 3.70. The van der Waals surface area contributed by atoms with Crippen LogP contribution in [-0.4, -0.2) is 7.11 Å². The second kappa shape index (κ2) is 7.38. The average Bonchev–Trinajstić information content (AvgIpc) is 2.72. The fourth-order valence-corrected chi connectivity index (χ4v) is 3.00. The van der Waals surface area contributed by atoms with Crippen LogP contribution in [-0.2, 0) is 6.61 Å². The summed E-state index contributed by atoms with van der Waals surface area (Å²) in [5.41, 5.74) is 2.88. The predicted molar refractivity (Wildman–Crippen MR) is 105 cm³/mol. The van der Waals surface area contributed by atoms with E-state index in [1.807, 2.05) is 66.7 Å². The van der Waals surface area contributed by atoms with Crippen molar-refractivity contribution in [2.24, 2.45) is 0 Å². The van der Waals surface area contributed by atoms with Gasteiger partial charge in [0, 0.05) is 17.5 Å². The molecular formula is C23H18O4. The van der Waals surface area contributed by atoms with Gasteiger partial charge < -0.3 is 13.9 Å². The van der Waals surface area contributed by atoms with E-state index in [1.54, 1.807) is 13.2 Å². The minimum absolute atomic E-state index is 0.402. The molecule has 0 saturated heterocycles. The monoisotopic (exact) mass is 358 g/mol. The molecule has 0 amide bonds. The van der Waals surface area contributed by atoms with Gasteiger partial charge in [-0.3, -0.25) is 0 Å². The number of ether oxygens (including phenoxy) is 2. The van der Waals surface area contributed by atoms with Gasteiger partial charge in [-0.2, -0.15) is 0 Å². The summed E-state index contributed by atoms with van der Waals surface area (Å²) in [4.78, 5) is 12.0. The molecule has 1 heterocycles. The number of fused-ring (bicyclic) bond motifs is 1. The average molecular weight is 358 g/mol. The van der Waals surface area contributed by atoms with E-state index in [2.05, 4.69) is 0 Å². The van der Waals surface area contributed by atoms with Gasteiger partial charge in [-0.25, -0.2) is 4.79 Å². The number of methoxy groups -OCH3 is 1. The Morgan fingerprint density at radius 3 is 2.52 bits per heavy atom. The highest BCUT2D eigenvalue weighted by Gasteiger charge is 2.10. The third-order valence-electron chi connectivity index (χ3n) is 4.35. The smallest absolute Gasteiger partial charge is 0.336 e. The second-order valence-electron chi connectivity index (χ2n) is 6.14. The lowest BCUT2D eigenvalue weighted by molar-refractivity contribution is 0.306. The van der Waals surface area contributed by atoms with E-state index in [1.165, 1.54) is 6.07 Å². The van der Waals surface area contributed by atoms with E-state index in [0.29, 0.717) is 17.9 Å². The van der Waals surface area contributed by atoms with Crippen molar-refractivity contribution in [3.63, 3.8) is 0 Å². The Labute approximate surface area is 156 Å². The molecule has 27 heavy (non-hydrogen) atoms. The molecule has 0 aliphatic heterocycles. The van der Waals surface area contributed by atoms with Crippen LogP contribution in [0.15, 0.2) is 88.1 Å². The van der Waals surface area contributed by atoms with Gasteiger partial charge in [0.1, 0.15) is 23.7 Å². The number of hydrogen-bond donors (Lipinski definition) is 0. The quantitative estimate of drug-likeness (QED) is 0.469. The van der Waals surface area contributed by atoms with Crippen molar-refractivity contribution in [2.45, 2.75) is 6.61 Å². The van der Waals surface area contributed by atoms with Gasteiger partial charge in [0.2, 0.25) is 0 Å². The maximum atomic E-state index is 12.0. The molecule has 0 radical (unpaired) electrons. The molecule has 4 nitrogen and oxygen atoms in total. The topological polar surface area (TPSA) is 48.7 Å². The molecule has 4 aromatic rings. The van der Waals surface area contributed by atoms with Crippen molar-refractivity contribution < 1.29 is 13.9 Å². The van der Waals surface area contributed by atoms with Crippen LogP contribution >= 0.6 is 0 Å². The first-order chi connectivity index (χ1) is 13.2. The Kier molecular flexibility index (Phi) is 4.62. The van der Waals surface area contributed by atoms with Crippen LogP contribution in [0.25, 0.3) is 22.1 Å². The van der Waals surface area contributed by atoms with E-state index in [9.17, 15) is 4.79 Å². The van der Waals surface area contributed by atoms with Crippen molar-refractivity contribution in [2.75, 3.05) is 7.11 Å².